The molecule has 0 aliphatic rings. The van der Waals surface area contributed by atoms with Crippen LogP contribution in [-0.4, -0.2) is 29.2 Å². The fourth-order valence-electron chi connectivity index (χ4n) is 2.37. The summed E-state index contributed by atoms with van der Waals surface area (Å²) in [4.78, 5) is 35.0. The van der Waals surface area contributed by atoms with E-state index in [-0.39, 0.29) is 11.4 Å². The van der Waals surface area contributed by atoms with E-state index in [9.17, 15) is 19.7 Å². The number of nitrogens with zero attached hydrogens (tertiary/aromatic N) is 1. The highest BCUT2D eigenvalue weighted by atomic mass is 32.2. The predicted molar refractivity (Wildman–Crippen MR) is 104 cm³/mol. The maximum absolute atomic E-state index is 11.9. The number of non-ortho nitro benzene ring substituents is 1. The third-order valence-electron chi connectivity index (χ3n) is 3.74. The van der Waals surface area contributed by atoms with Crippen LogP contribution in [0.2, 0.25) is 0 Å². The van der Waals surface area contributed by atoms with Gasteiger partial charge in [0.1, 0.15) is 0 Å². The molecule has 142 valence electrons. The molecule has 2 rings (SSSR count). The fourth-order valence-corrected chi connectivity index (χ4v) is 3.18. The number of thioether (sulfide) groups is 1. The molecule has 0 aliphatic carbocycles. The predicted octanol–water partition coefficient (Wildman–Crippen LogP) is 3.79. The van der Waals surface area contributed by atoms with E-state index in [1.54, 1.807) is 6.92 Å². The Morgan fingerprint density at radius 3 is 2.48 bits per heavy atom. The first-order chi connectivity index (χ1) is 12.8. The molecule has 0 aliphatic heterocycles. The molecule has 0 aromatic heterocycles. The molecule has 1 N–H and O–H groups in total. The molecule has 7 nitrogen and oxygen atoms in total. The van der Waals surface area contributed by atoms with Gasteiger partial charge in [0, 0.05) is 22.7 Å². The van der Waals surface area contributed by atoms with Crippen molar-refractivity contribution in [1.82, 2.24) is 0 Å². The molecule has 2 aromatic carbocycles. The summed E-state index contributed by atoms with van der Waals surface area (Å²) in [7, 11) is 0. The quantitative estimate of drug-likeness (QED) is 0.335. The minimum absolute atomic E-state index is 0.0552. The average molecular weight is 388 g/mol. The maximum atomic E-state index is 11.9. The average Bonchev–Trinajstić information content (AvgIpc) is 2.60. The minimum atomic E-state index is -0.506. The molecule has 2 aromatic rings. The van der Waals surface area contributed by atoms with Crippen molar-refractivity contribution in [3.63, 3.8) is 0 Å². The van der Waals surface area contributed by atoms with Crippen LogP contribution in [0.4, 0.5) is 11.4 Å². The van der Waals surface area contributed by atoms with E-state index in [0.717, 1.165) is 16.0 Å². The number of hydrogen-bond donors (Lipinski definition) is 1. The first-order valence-corrected chi connectivity index (χ1v) is 9.15. The summed E-state index contributed by atoms with van der Waals surface area (Å²) >= 11 is 1.36. The van der Waals surface area contributed by atoms with E-state index in [2.05, 4.69) is 5.32 Å². The Hall–Kier alpha value is -2.87. The summed E-state index contributed by atoms with van der Waals surface area (Å²) in [5.74, 6) is -0.888. The molecule has 0 saturated heterocycles. The van der Waals surface area contributed by atoms with Crippen molar-refractivity contribution in [3.05, 3.63) is 63.2 Å². The molecule has 0 radical (unpaired) electrons. The summed E-state index contributed by atoms with van der Waals surface area (Å²) < 4.78 is 4.98. The zero-order chi connectivity index (χ0) is 20.0. The van der Waals surface area contributed by atoms with Crippen LogP contribution in [0.25, 0.3) is 0 Å². The zero-order valence-corrected chi connectivity index (χ0v) is 16.1. The Morgan fingerprint density at radius 2 is 1.85 bits per heavy atom. The first-order valence-electron chi connectivity index (χ1n) is 8.17. The second-order valence-electron chi connectivity index (χ2n) is 6.02. The van der Waals surface area contributed by atoms with Gasteiger partial charge in [-0.1, -0.05) is 17.7 Å². The van der Waals surface area contributed by atoms with Crippen molar-refractivity contribution < 1.29 is 19.2 Å². The highest BCUT2D eigenvalue weighted by Gasteiger charge is 2.12. The number of carbonyl (C=O) groups is 2. The van der Waals surface area contributed by atoms with E-state index < -0.39 is 23.4 Å². The Bertz CT molecular complexity index is 882. The smallest absolute Gasteiger partial charge is 0.316 e. The Balaban J connectivity index is 1.81. The van der Waals surface area contributed by atoms with Gasteiger partial charge in [-0.05, 0) is 44.0 Å². The lowest BCUT2D eigenvalue weighted by molar-refractivity contribution is -0.384. The number of rotatable bonds is 7. The molecule has 0 heterocycles. The van der Waals surface area contributed by atoms with Crippen molar-refractivity contribution in [2.24, 2.45) is 0 Å². The molecular formula is C19H20N2O5S. The van der Waals surface area contributed by atoms with Crippen LogP contribution in [0.15, 0.2) is 41.3 Å². The van der Waals surface area contributed by atoms with E-state index in [4.69, 9.17) is 4.74 Å². The van der Waals surface area contributed by atoms with Crippen molar-refractivity contribution in [2.75, 3.05) is 17.7 Å². The number of nitro groups is 1. The molecule has 8 heteroatoms. The number of nitrogens with one attached hydrogen (secondary N) is 1. The van der Waals surface area contributed by atoms with Gasteiger partial charge >= 0.3 is 5.97 Å². The fraction of sp³-hybridized carbons (Fsp3) is 0.263. The van der Waals surface area contributed by atoms with Gasteiger partial charge in [-0.3, -0.25) is 19.7 Å². The SMILES string of the molecule is Cc1ccc(SCC(=O)OCC(=O)Nc2ccc([N+](=O)[O-])cc2C)c(C)c1. The second kappa shape index (κ2) is 9.18. The van der Waals surface area contributed by atoms with Gasteiger partial charge in [-0.2, -0.15) is 0 Å². The van der Waals surface area contributed by atoms with Crippen LogP contribution < -0.4 is 5.32 Å². The summed E-state index contributed by atoms with van der Waals surface area (Å²) in [5, 5.41) is 13.3. The molecule has 0 spiro atoms. The van der Waals surface area contributed by atoms with Crippen molar-refractivity contribution >= 4 is 35.0 Å². The van der Waals surface area contributed by atoms with E-state index >= 15 is 0 Å². The van der Waals surface area contributed by atoms with Crippen LogP contribution in [0, 0.1) is 30.9 Å². The monoisotopic (exact) mass is 388 g/mol. The Morgan fingerprint density at radius 1 is 1.11 bits per heavy atom. The molecule has 0 atom stereocenters. The molecule has 27 heavy (non-hydrogen) atoms. The van der Waals surface area contributed by atoms with E-state index in [0.29, 0.717) is 11.3 Å². The number of benzene rings is 2. The standard InChI is InChI=1S/C19H20N2O5S/c1-12-4-7-17(14(3)8-12)27-11-19(23)26-10-18(22)20-16-6-5-15(21(24)25)9-13(16)2/h4-9H,10-11H2,1-3H3,(H,20,22). The largest absolute Gasteiger partial charge is 0.455 e. The van der Waals surface area contributed by atoms with Gasteiger partial charge in [-0.15, -0.1) is 11.8 Å². The minimum Gasteiger partial charge on any atom is -0.455 e. The van der Waals surface area contributed by atoms with Gasteiger partial charge in [0.2, 0.25) is 0 Å². The molecule has 0 bridgehead atoms. The van der Waals surface area contributed by atoms with Gasteiger partial charge in [0.25, 0.3) is 11.6 Å². The number of aryl methyl sites for hydroxylation is 3. The number of hydrogen-bond acceptors (Lipinski definition) is 6. The number of nitro benzene ring substituents is 1. The number of amides is 1. The maximum Gasteiger partial charge on any atom is 0.316 e. The Kier molecular flexibility index (Phi) is 6.95. The third kappa shape index (κ3) is 6.10. The van der Waals surface area contributed by atoms with Crippen molar-refractivity contribution in [3.8, 4) is 0 Å². The molecule has 0 unspecified atom stereocenters. The normalized spacial score (nSPS) is 10.3. The summed E-state index contributed by atoms with van der Waals surface area (Å²) in [5.41, 5.74) is 3.16. The zero-order valence-electron chi connectivity index (χ0n) is 15.3. The van der Waals surface area contributed by atoms with Crippen LogP contribution in [0.3, 0.4) is 0 Å². The van der Waals surface area contributed by atoms with Crippen LogP contribution >= 0.6 is 11.8 Å². The first kappa shape index (κ1) is 20.4. The number of ether oxygens (including phenoxy) is 1. The summed E-state index contributed by atoms with van der Waals surface area (Å²) in [6, 6.07) is 10.1. The highest BCUT2D eigenvalue weighted by molar-refractivity contribution is 8.00. The third-order valence-corrected chi connectivity index (χ3v) is 4.88. The van der Waals surface area contributed by atoms with E-state index in [1.165, 1.54) is 30.0 Å². The summed E-state index contributed by atoms with van der Waals surface area (Å²) in [6.07, 6.45) is 0. The van der Waals surface area contributed by atoms with E-state index in [1.807, 2.05) is 32.0 Å². The van der Waals surface area contributed by atoms with Crippen molar-refractivity contribution in [1.29, 1.82) is 0 Å². The Labute approximate surface area is 161 Å². The van der Waals surface area contributed by atoms with Crippen LogP contribution in [0.5, 0.6) is 0 Å². The number of esters is 1. The molecule has 0 saturated carbocycles. The van der Waals surface area contributed by atoms with Crippen LogP contribution in [-0.2, 0) is 14.3 Å². The number of carbonyl (C=O) groups excluding carboxylic acids is 2. The lowest BCUT2D eigenvalue weighted by Gasteiger charge is -2.09. The topological polar surface area (TPSA) is 98.5 Å². The van der Waals surface area contributed by atoms with Gasteiger partial charge < -0.3 is 10.1 Å². The number of anilines is 1. The lowest BCUT2D eigenvalue weighted by Crippen LogP contribution is -2.22. The molecule has 1 amide bonds. The van der Waals surface area contributed by atoms with Gasteiger partial charge in [0.05, 0.1) is 10.7 Å². The van der Waals surface area contributed by atoms with Gasteiger partial charge in [0.15, 0.2) is 6.61 Å². The second-order valence-corrected chi connectivity index (χ2v) is 7.04. The van der Waals surface area contributed by atoms with Crippen LogP contribution in [0.1, 0.15) is 16.7 Å². The van der Waals surface area contributed by atoms with Crippen molar-refractivity contribution in [2.45, 2.75) is 25.7 Å². The lowest BCUT2D eigenvalue weighted by atomic mass is 10.2. The summed E-state index contributed by atoms with van der Waals surface area (Å²) in [6.45, 7) is 5.21. The highest BCUT2D eigenvalue weighted by Crippen LogP contribution is 2.23. The van der Waals surface area contributed by atoms with Gasteiger partial charge in [-0.25, -0.2) is 0 Å². The molecular weight excluding hydrogens is 368 g/mol. The molecule has 0 fully saturated rings.